The average molecular weight is 389 g/mol. The van der Waals surface area contributed by atoms with Gasteiger partial charge in [-0.3, -0.25) is 14.5 Å². The summed E-state index contributed by atoms with van der Waals surface area (Å²) in [5.41, 5.74) is 0. The van der Waals surface area contributed by atoms with Gasteiger partial charge in [-0.05, 0) is 26.7 Å². The summed E-state index contributed by atoms with van der Waals surface area (Å²) >= 11 is 0. The number of carbonyl (C=O) groups is 2. The largest absolute Gasteiger partial charge is 0.342 e. The Bertz CT molecular complexity index is 598. The van der Waals surface area contributed by atoms with Gasteiger partial charge in [0.15, 0.2) is 0 Å². The summed E-state index contributed by atoms with van der Waals surface area (Å²) in [4.78, 5) is 30.7. The minimum Gasteiger partial charge on any atom is -0.342 e. The van der Waals surface area contributed by atoms with Crippen LogP contribution in [-0.2, 0) is 19.6 Å². The number of amides is 2. The highest BCUT2D eigenvalue weighted by Crippen LogP contribution is 2.21. The van der Waals surface area contributed by atoms with Crippen LogP contribution in [0, 0.1) is 5.92 Å². The second-order valence-electron chi connectivity index (χ2n) is 7.13. The van der Waals surface area contributed by atoms with E-state index in [0.717, 1.165) is 12.8 Å². The molecule has 0 aromatic carbocycles. The molecule has 0 aliphatic carbocycles. The van der Waals surface area contributed by atoms with Crippen LogP contribution in [0.25, 0.3) is 0 Å². The molecular weight excluding hydrogens is 356 g/mol. The van der Waals surface area contributed by atoms with Crippen LogP contribution in [0.1, 0.15) is 26.7 Å². The van der Waals surface area contributed by atoms with Crippen molar-refractivity contribution in [2.75, 3.05) is 65.2 Å². The molecule has 0 aromatic heterocycles. The molecule has 1 atom stereocenters. The number of sulfonamides is 1. The topological polar surface area (TPSA) is 81.2 Å². The Balaban J connectivity index is 1.83. The molecule has 0 N–H and O–H groups in total. The van der Waals surface area contributed by atoms with Crippen molar-refractivity contribution in [2.45, 2.75) is 26.7 Å². The molecule has 0 radical (unpaired) electrons. The summed E-state index contributed by atoms with van der Waals surface area (Å²) in [6.45, 7) is 9.13. The highest BCUT2D eigenvalue weighted by Gasteiger charge is 2.34. The summed E-state index contributed by atoms with van der Waals surface area (Å²) in [6, 6.07) is 0. The predicted octanol–water partition coefficient (Wildman–Crippen LogP) is -0.329. The smallest absolute Gasteiger partial charge is 0.236 e. The van der Waals surface area contributed by atoms with E-state index in [2.05, 4.69) is 4.90 Å². The summed E-state index contributed by atoms with van der Waals surface area (Å²) in [6.07, 6.45) is 2.67. The number of nitrogens with zero attached hydrogens (tertiary/aromatic N) is 4. The maximum Gasteiger partial charge on any atom is 0.236 e. The summed E-state index contributed by atoms with van der Waals surface area (Å²) < 4.78 is 24.9. The fourth-order valence-electron chi connectivity index (χ4n) is 3.70. The lowest BCUT2D eigenvalue weighted by Gasteiger charge is -2.38. The van der Waals surface area contributed by atoms with Gasteiger partial charge in [0.25, 0.3) is 0 Å². The molecule has 9 heteroatoms. The van der Waals surface area contributed by atoms with E-state index in [0.29, 0.717) is 58.9 Å². The number of hydrogen-bond donors (Lipinski definition) is 0. The zero-order valence-corrected chi connectivity index (χ0v) is 17.0. The van der Waals surface area contributed by atoms with Crippen molar-refractivity contribution in [1.29, 1.82) is 0 Å². The van der Waals surface area contributed by atoms with Gasteiger partial charge in [-0.1, -0.05) is 0 Å². The second kappa shape index (κ2) is 9.14. The monoisotopic (exact) mass is 388 g/mol. The Morgan fingerprint density at radius 2 is 1.65 bits per heavy atom. The van der Waals surface area contributed by atoms with Crippen LogP contribution in [-0.4, -0.2) is 104 Å². The van der Waals surface area contributed by atoms with Crippen molar-refractivity contribution in [1.82, 2.24) is 19.0 Å². The highest BCUT2D eigenvalue weighted by molar-refractivity contribution is 7.88. The third-order valence-corrected chi connectivity index (χ3v) is 6.63. The summed E-state index contributed by atoms with van der Waals surface area (Å²) in [5.74, 6) is -0.0683. The zero-order valence-electron chi connectivity index (χ0n) is 16.2. The molecule has 150 valence electrons. The van der Waals surface area contributed by atoms with Crippen molar-refractivity contribution in [2.24, 2.45) is 5.92 Å². The molecule has 0 saturated carbocycles. The molecule has 2 saturated heterocycles. The maximum atomic E-state index is 12.8. The van der Waals surface area contributed by atoms with Crippen LogP contribution >= 0.6 is 0 Å². The van der Waals surface area contributed by atoms with Crippen molar-refractivity contribution in [3.05, 3.63) is 0 Å². The summed E-state index contributed by atoms with van der Waals surface area (Å²) in [5, 5.41) is 0. The molecule has 0 bridgehead atoms. The molecule has 0 aromatic rings. The Hall–Kier alpha value is -1.19. The molecule has 26 heavy (non-hydrogen) atoms. The predicted molar refractivity (Wildman–Crippen MR) is 100 cm³/mol. The van der Waals surface area contributed by atoms with Crippen molar-refractivity contribution < 1.29 is 18.0 Å². The first-order valence-corrected chi connectivity index (χ1v) is 11.3. The summed E-state index contributed by atoms with van der Waals surface area (Å²) in [7, 11) is -3.25. The number of likely N-dealkylation sites (N-methyl/N-ethyl adjacent to an activating group) is 1. The van der Waals surface area contributed by atoms with Crippen LogP contribution in [0.4, 0.5) is 0 Å². The van der Waals surface area contributed by atoms with E-state index >= 15 is 0 Å². The van der Waals surface area contributed by atoms with Gasteiger partial charge in [-0.25, -0.2) is 12.7 Å². The molecule has 2 heterocycles. The van der Waals surface area contributed by atoms with E-state index in [1.165, 1.54) is 10.6 Å². The molecule has 0 spiro atoms. The fraction of sp³-hybridized carbons (Fsp3) is 0.882. The Kier molecular flexibility index (Phi) is 7.42. The molecule has 2 aliphatic rings. The van der Waals surface area contributed by atoms with Crippen molar-refractivity contribution >= 4 is 21.8 Å². The van der Waals surface area contributed by atoms with Gasteiger partial charge in [0, 0.05) is 52.4 Å². The van der Waals surface area contributed by atoms with Gasteiger partial charge in [0.2, 0.25) is 21.8 Å². The van der Waals surface area contributed by atoms with Gasteiger partial charge in [0.05, 0.1) is 18.7 Å². The van der Waals surface area contributed by atoms with Crippen LogP contribution in [0.2, 0.25) is 0 Å². The number of carbonyl (C=O) groups excluding carboxylic acids is 2. The molecule has 2 aliphatic heterocycles. The minimum absolute atomic E-state index is 0.0491. The third kappa shape index (κ3) is 5.40. The minimum atomic E-state index is -3.25. The van der Waals surface area contributed by atoms with Gasteiger partial charge < -0.3 is 9.80 Å². The van der Waals surface area contributed by atoms with Crippen LogP contribution in [0.5, 0.6) is 0 Å². The van der Waals surface area contributed by atoms with E-state index in [4.69, 9.17) is 0 Å². The quantitative estimate of drug-likeness (QED) is 0.622. The lowest BCUT2D eigenvalue weighted by Crippen LogP contribution is -2.54. The van der Waals surface area contributed by atoms with E-state index in [-0.39, 0.29) is 17.7 Å². The first kappa shape index (κ1) is 21.1. The highest BCUT2D eigenvalue weighted by atomic mass is 32.2. The fourth-order valence-corrected chi connectivity index (χ4v) is 4.61. The number of rotatable bonds is 6. The third-order valence-electron chi connectivity index (χ3n) is 5.36. The van der Waals surface area contributed by atoms with Crippen molar-refractivity contribution in [3.63, 3.8) is 0 Å². The van der Waals surface area contributed by atoms with Gasteiger partial charge >= 0.3 is 0 Å². The van der Waals surface area contributed by atoms with Gasteiger partial charge in [-0.2, -0.15) is 0 Å². The molecular formula is C17H32N4O4S. The average Bonchev–Trinajstić information content (AvgIpc) is 2.62. The lowest BCUT2D eigenvalue weighted by molar-refractivity contribution is -0.139. The number of piperidine rings is 1. The molecule has 2 amide bonds. The van der Waals surface area contributed by atoms with Gasteiger partial charge in [-0.15, -0.1) is 0 Å². The molecule has 2 rings (SSSR count). The second-order valence-corrected chi connectivity index (χ2v) is 9.11. The lowest BCUT2D eigenvalue weighted by atomic mass is 9.98. The van der Waals surface area contributed by atoms with E-state index < -0.39 is 10.0 Å². The molecule has 8 nitrogen and oxygen atoms in total. The number of piperazine rings is 1. The Morgan fingerprint density at radius 1 is 1.04 bits per heavy atom. The number of hydrogen-bond acceptors (Lipinski definition) is 5. The van der Waals surface area contributed by atoms with E-state index in [1.54, 1.807) is 0 Å². The first-order valence-electron chi connectivity index (χ1n) is 9.50. The van der Waals surface area contributed by atoms with Crippen LogP contribution in [0.15, 0.2) is 0 Å². The maximum absolute atomic E-state index is 12.8. The van der Waals surface area contributed by atoms with Crippen molar-refractivity contribution in [3.8, 4) is 0 Å². The van der Waals surface area contributed by atoms with E-state index in [1.807, 2.05) is 23.6 Å². The van der Waals surface area contributed by atoms with Crippen LogP contribution < -0.4 is 0 Å². The van der Waals surface area contributed by atoms with Gasteiger partial charge in [0.1, 0.15) is 0 Å². The molecule has 1 unspecified atom stereocenters. The molecule has 2 fully saturated rings. The standard InChI is InChI=1S/C17H32N4O4S/c1-4-19(5-2)16(22)14-18-9-11-20(12-10-18)17(23)15-7-6-8-21(13-15)26(3,24)25/h15H,4-14H2,1-3H3. The van der Waals surface area contributed by atoms with E-state index in [9.17, 15) is 18.0 Å². The zero-order chi connectivity index (χ0) is 19.3. The first-order chi connectivity index (χ1) is 12.3. The Morgan fingerprint density at radius 3 is 2.19 bits per heavy atom. The normalized spacial score (nSPS) is 23.0. The SMILES string of the molecule is CCN(CC)C(=O)CN1CCN(C(=O)C2CCCN(S(C)(=O)=O)C2)CC1. The Labute approximate surface area is 157 Å². The van der Waals surface area contributed by atoms with Crippen LogP contribution in [0.3, 0.4) is 0 Å².